The lowest BCUT2D eigenvalue weighted by Crippen LogP contribution is -2.29. The van der Waals surface area contributed by atoms with Crippen LogP contribution in [0.15, 0.2) is 0 Å². The Morgan fingerprint density at radius 2 is 2.00 bits per heavy atom. The topological polar surface area (TPSA) is 53.7 Å². The summed E-state index contributed by atoms with van der Waals surface area (Å²) in [6.45, 7) is 0.702. The molecular formula is C4H9NO3. The third kappa shape index (κ3) is 1.41. The fourth-order valence-corrected chi connectivity index (χ4v) is 0.545. The molecule has 0 radical (unpaired) electrons. The summed E-state index contributed by atoms with van der Waals surface area (Å²) >= 11 is 0. The minimum absolute atomic E-state index is 0.635. The van der Waals surface area contributed by atoms with Crippen molar-refractivity contribution in [2.45, 2.75) is 12.9 Å². The van der Waals surface area contributed by atoms with Gasteiger partial charge in [-0.25, -0.2) is 10.7 Å². The highest BCUT2D eigenvalue weighted by Crippen LogP contribution is 2.02. The van der Waals surface area contributed by atoms with Gasteiger partial charge in [-0.15, -0.1) is 0 Å². The van der Waals surface area contributed by atoms with Crippen molar-refractivity contribution in [3.05, 3.63) is 0 Å². The first-order valence-electron chi connectivity index (χ1n) is 2.52. The largest absolute Gasteiger partial charge is 0.329 e. The minimum atomic E-state index is -0.635. The lowest BCUT2D eigenvalue weighted by molar-refractivity contribution is -0.312. The van der Waals surface area contributed by atoms with Gasteiger partial charge in [-0.2, -0.15) is 0 Å². The van der Waals surface area contributed by atoms with Gasteiger partial charge in [-0.05, 0) is 6.42 Å². The number of hydrogen-bond acceptors (Lipinski definition) is 4. The Bertz CT molecular complexity index is 62.3. The van der Waals surface area contributed by atoms with Crippen molar-refractivity contribution < 1.29 is 14.3 Å². The Labute approximate surface area is 47.5 Å². The second-order valence-corrected chi connectivity index (χ2v) is 1.52. The van der Waals surface area contributed by atoms with Crippen LogP contribution in [0.3, 0.4) is 0 Å². The fraction of sp³-hybridized carbons (Fsp3) is 1.00. The first-order valence-corrected chi connectivity index (χ1v) is 2.52. The molecule has 0 amide bonds. The number of hydrogen-bond donors (Lipinski definition) is 1. The summed E-state index contributed by atoms with van der Waals surface area (Å²) in [5, 5.41) is 0. The van der Waals surface area contributed by atoms with E-state index in [1.807, 2.05) is 0 Å². The van der Waals surface area contributed by atoms with E-state index in [1.54, 1.807) is 0 Å². The molecular weight excluding hydrogens is 110 g/mol. The summed E-state index contributed by atoms with van der Waals surface area (Å²) < 4.78 is 9.72. The fourth-order valence-electron chi connectivity index (χ4n) is 0.545. The zero-order valence-electron chi connectivity index (χ0n) is 4.50. The molecule has 0 aliphatic carbocycles. The Morgan fingerprint density at radius 1 is 1.38 bits per heavy atom. The van der Waals surface area contributed by atoms with Crippen molar-refractivity contribution in [2.75, 3.05) is 13.2 Å². The van der Waals surface area contributed by atoms with Crippen LogP contribution >= 0.6 is 0 Å². The van der Waals surface area contributed by atoms with Gasteiger partial charge in [0.25, 0.3) is 6.48 Å². The van der Waals surface area contributed by atoms with Crippen LogP contribution in [0.2, 0.25) is 0 Å². The van der Waals surface area contributed by atoms with Gasteiger partial charge in [0.1, 0.15) is 0 Å². The number of ether oxygens (including phenoxy) is 2. The second-order valence-electron chi connectivity index (χ2n) is 1.52. The van der Waals surface area contributed by atoms with Crippen LogP contribution in [0.25, 0.3) is 0 Å². The van der Waals surface area contributed by atoms with Crippen LogP contribution in [0.1, 0.15) is 6.42 Å². The Kier molecular flexibility index (Phi) is 2.23. The molecule has 2 N–H and O–H groups in total. The Morgan fingerprint density at radius 3 is 2.38 bits per heavy atom. The quantitative estimate of drug-likeness (QED) is 0.477. The number of rotatable bonds is 1. The smallest absolute Gasteiger partial charge is 0.287 e. The van der Waals surface area contributed by atoms with Gasteiger partial charge in [0.2, 0.25) is 0 Å². The molecule has 1 fully saturated rings. The van der Waals surface area contributed by atoms with Crippen LogP contribution in [0.5, 0.6) is 0 Å². The van der Waals surface area contributed by atoms with Crippen LogP contribution in [0, 0.1) is 0 Å². The Balaban J connectivity index is 2.13. The van der Waals surface area contributed by atoms with E-state index in [2.05, 4.69) is 4.84 Å². The van der Waals surface area contributed by atoms with Gasteiger partial charge < -0.3 is 9.47 Å². The van der Waals surface area contributed by atoms with Crippen LogP contribution < -0.4 is 5.90 Å². The van der Waals surface area contributed by atoms with E-state index in [4.69, 9.17) is 15.4 Å². The van der Waals surface area contributed by atoms with Gasteiger partial charge >= 0.3 is 0 Å². The molecule has 0 aromatic rings. The molecule has 1 rings (SSSR count). The SMILES string of the molecule is NOC1OCCCO1. The molecule has 0 bridgehead atoms. The van der Waals surface area contributed by atoms with Crippen molar-refractivity contribution in [2.24, 2.45) is 5.90 Å². The van der Waals surface area contributed by atoms with E-state index in [0.717, 1.165) is 6.42 Å². The summed E-state index contributed by atoms with van der Waals surface area (Å²) in [5.74, 6) is 4.75. The van der Waals surface area contributed by atoms with Gasteiger partial charge in [-0.3, -0.25) is 0 Å². The average molecular weight is 119 g/mol. The molecule has 1 aliphatic rings. The standard InChI is InChI=1S/C4H9NO3/c5-8-4-6-2-1-3-7-4/h4H,1-3,5H2. The van der Waals surface area contributed by atoms with E-state index in [0.29, 0.717) is 13.2 Å². The molecule has 4 nitrogen and oxygen atoms in total. The van der Waals surface area contributed by atoms with Crippen molar-refractivity contribution in [1.82, 2.24) is 0 Å². The predicted octanol–water partition coefficient (Wildman–Crippen LogP) is -0.403. The molecule has 1 aliphatic heterocycles. The summed E-state index contributed by atoms with van der Waals surface area (Å²) in [5.41, 5.74) is 0. The highest BCUT2D eigenvalue weighted by molar-refractivity contribution is 4.39. The van der Waals surface area contributed by atoms with Crippen LogP contribution in [0.4, 0.5) is 0 Å². The molecule has 0 aromatic carbocycles. The van der Waals surface area contributed by atoms with Crippen LogP contribution in [-0.2, 0) is 14.3 Å². The van der Waals surface area contributed by atoms with Crippen molar-refractivity contribution in [3.63, 3.8) is 0 Å². The molecule has 8 heavy (non-hydrogen) atoms. The van der Waals surface area contributed by atoms with Crippen molar-refractivity contribution in [3.8, 4) is 0 Å². The number of nitrogens with two attached hydrogens (primary N) is 1. The molecule has 0 unspecified atom stereocenters. The van der Waals surface area contributed by atoms with E-state index in [-0.39, 0.29) is 0 Å². The third-order valence-electron chi connectivity index (χ3n) is 0.908. The maximum Gasteiger partial charge on any atom is 0.287 e. The summed E-state index contributed by atoms with van der Waals surface area (Å²) in [7, 11) is 0. The lowest BCUT2D eigenvalue weighted by Gasteiger charge is -2.19. The van der Waals surface area contributed by atoms with E-state index >= 15 is 0 Å². The average Bonchev–Trinajstić information content (AvgIpc) is 1.90. The monoisotopic (exact) mass is 119 g/mol. The summed E-state index contributed by atoms with van der Waals surface area (Å²) in [6, 6.07) is 0. The molecule has 1 heterocycles. The highest BCUT2D eigenvalue weighted by Gasteiger charge is 2.11. The predicted molar refractivity (Wildman–Crippen MR) is 25.6 cm³/mol. The molecule has 0 saturated carbocycles. The maximum atomic E-state index is 4.86. The molecule has 48 valence electrons. The maximum absolute atomic E-state index is 4.86. The van der Waals surface area contributed by atoms with E-state index in [1.165, 1.54) is 0 Å². The van der Waals surface area contributed by atoms with Crippen molar-refractivity contribution in [1.29, 1.82) is 0 Å². The molecule has 1 saturated heterocycles. The minimum Gasteiger partial charge on any atom is -0.329 e. The van der Waals surface area contributed by atoms with E-state index < -0.39 is 6.48 Å². The first-order chi connectivity index (χ1) is 3.93. The van der Waals surface area contributed by atoms with Crippen molar-refractivity contribution >= 4 is 0 Å². The van der Waals surface area contributed by atoms with Gasteiger partial charge in [0, 0.05) is 0 Å². The normalized spacial score (nSPS) is 23.6. The van der Waals surface area contributed by atoms with Gasteiger partial charge in [0.05, 0.1) is 13.2 Å². The molecule has 4 heteroatoms. The second kappa shape index (κ2) is 2.99. The first kappa shape index (κ1) is 5.97. The summed E-state index contributed by atoms with van der Waals surface area (Å²) in [4.78, 5) is 4.25. The molecule has 0 aromatic heterocycles. The Hall–Kier alpha value is -0.160. The van der Waals surface area contributed by atoms with Gasteiger partial charge in [-0.1, -0.05) is 0 Å². The highest BCUT2D eigenvalue weighted by atomic mass is 16.9. The molecule has 0 spiro atoms. The lowest BCUT2D eigenvalue weighted by atomic mass is 10.5. The zero-order valence-corrected chi connectivity index (χ0v) is 4.50. The molecule has 0 atom stereocenters. The third-order valence-corrected chi connectivity index (χ3v) is 0.908. The van der Waals surface area contributed by atoms with Gasteiger partial charge in [0.15, 0.2) is 0 Å². The zero-order chi connectivity index (χ0) is 5.82. The van der Waals surface area contributed by atoms with Crippen LogP contribution in [-0.4, -0.2) is 19.7 Å². The summed E-state index contributed by atoms with van der Waals surface area (Å²) in [6.07, 6.45) is 0.917. The van der Waals surface area contributed by atoms with E-state index in [9.17, 15) is 0 Å².